The fourth-order valence-electron chi connectivity index (χ4n) is 1.67. The summed E-state index contributed by atoms with van der Waals surface area (Å²) in [5, 5.41) is 0. The minimum Gasteiger partial charge on any atom is -0.461 e. The van der Waals surface area contributed by atoms with Crippen molar-refractivity contribution in [2.75, 3.05) is 6.61 Å². The van der Waals surface area contributed by atoms with E-state index < -0.39 is 0 Å². The number of carbonyl (C=O) groups is 1. The van der Waals surface area contributed by atoms with Gasteiger partial charge in [0, 0.05) is 10.7 Å². The van der Waals surface area contributed by atoms with Gasteiger partial charge in [-0.25, -0.2) is 9.78 Å². The second-order valence-electron chi connectivity index (χ2n) is 3.59. The lowest BCUT2D eigenvalue weighted by molar-refractivity contribution is 0.0518. The van der Waals surface area contributed by atoms with Gasteiger partial charge in [-0.1, -0.05) is 6.92 Å². The van der Waals surface area contributed by atoms with E-state index in [0.717, 1.165) is 16.5 Å². The van der Waals surface area contributed by atoms with Crippen LogP contribution in [0.25, 0.3) is 5.65 Å². The molecule has 0 spiro atoms. The standard InChI is InChI=1S/C12H13BrN2O2/c1-3-8-5-11-14-6-10(12(16)17-4-2)15(11)7-9(8)13/h5-7H,3-4H2,1-2H3. The zero-order valence-corrected chi connectivity index (χ0v) is 11.3. The molecule has 0 aliphatic carbocycles. The second kappa shape index (κ2) is 4.87. The largest absolute Gasteiger partial charge is 0.461 e. The Bertz CT molecular complexity index is 563. The first-order valence-corrected chi connectivity index (χ1v) is 6.29. The molecule has 4 nitrogen and oxygen atoms in total. The fourth-order valence-corrected chi connectivity index (χ4v) is 2.27. The lowest BCUT2D eigenvalue weighted by Crippen LogP contribution is -2.08. The van der Waals surface area contributed by atoms with Crippen LogP contribution in [0, 0.1) is 0 Å². The van der Waals surface area contributed by atoms with Crippen molar-refractivity contribution in [3.63, 3.8) is 0 Å². The number of hydrogen-bond acceptors (Lipinski definition) is 3. The molecule has 0 unspecified atom stereocenters. The molecule has 5 heteroatoms. The molecule has 2 aromatic rings. The van der Waals surface area contributed by atoms with E-state index in [1.54, 1.807) is 17.5 Å². The van der Waals surface area contributed by atoms with Crippen LogP contribution in [0.2, 0.25) is 0 Å². The van der Waals surface area contributed by atoms with Crippen LogP contribution in [-0.2, 0) is 11.2 Å². The number of nitrogens with zero attached hydrogens (tertiary/aromatic N) is 2. The van der Waals surface area contributed by atoms with Crippen molar-refractivity contribution in [1.29, 1.82) is 0 Å². The third kappa shape index (κ3) is 2.20. The summed E-state index contributed by atoms with van der Waals surface area (Å²) in [6.07, 6.45) is 4.31. The van der Waals surface area contributed by atoms with Crippen LogP contribution in [0.1, 0.15) is 29.9 Å². The van der Waals surface area contributed by atoms with Crippen molar-refractivity contribution < 1.29 is 9.53 Å². The number of fused-ring (bicyclic) bond motifs is 1. The van der Waals surface area contributed by atoms with E-state index in [9.17, 15) is 4.79 Å². The van der Waals surface area contributed by atoms with Gasteiger partial charge < -0.3 is 4.74 Å². The molecule has 0 aliphatic rings. The summed E-state index contributed by atoms with van der Waals surface area (Å²) in [4.78, 5) is 15.9. The summed E-state index contributed by atoms with van der Waals surface area (Å²) in [6, 6.07) is 1.97. The lowest BCUT2D eigenvalue weighted by Gasteiger charge is -2.05. The Labute approximate surface area is 108 Å². The molecule has 17 heavy (non-hydrogen) atoms. The molecule has 0 saturated carbocycles. The Balaban J connectivity index is 2.54. The Kier molecular flexibility index (Phi) is 3.47. The van der Waals surface area contributed by atoms with E-state index in [0.29, 0.717) is 12.3 Å². The van der Waals surface area contributed by atoms with Crippen molar-refractivity contribution in [2.24, 2.45) is 0 Å². The number of halogens is 1. The highest BCUT2D eigenvalue weighted by atomic mass is 79.9. The van der Waals surface area contributed by atoms with E-state index in [4.69, 9.17) is 4.74 Å². The van der Waals surface area contributed by atoms with Crippen molar-refractivity contribution in [3.05, 3.63) is 34.2 Å². The number of esters is 1. The van der Waals surface area contributed by atoms with E-state index >= 15 is 0 Å². The molecule has 90 valence electrons. The molecule has 0 N–H and O–H groups in total. The summed E-state index contributed by atoms with van der Waals surface area (Å²) >= 11 is 3.48. The molecule has 0 aliphatic heterocycles. The monoisotopic (exact) mass is 296 g/mol. The Morgan fingerprint density at radius 2 is 2.29 bits per heavy atom. The molecular formula is C12H13BrN2O2. The lowest BCUT2D eigenvalue weighted by atomic mass is 10.2. The number of ether oxygens (including phenoxy) is 1. The Morgan fingerprint density at radius 3 is 2.94 bits per heavy atom. The number of carbonyl (C=O) groups excluding carboxylic acids is 1. The van der Waals surface area contributed by atoms with Gasteiger partial charge in [0.15, 0.2) is 5.69 Å². The highest BCUT2D eigenvalue weighted by molar-refractivity contribution is 9.10. The predicted molar refractivity (Wildman–Crippen MR) is 68.2 cm³/mol. The normalized spacial score (nSPS) is 10.8. The van der Waals surface area contributed by atoms with E-state index in [1.807, 2.05) is 12.3 Å². The first-order valence-electron chi connectivity index (χ1n) is 5.50. The van der Waals surface area contributed by atoms with Crippen LogP contribution in [0.4, 0.5) is 0 Å². The van der Waals surface area contributed by atoms with Crippen LogP contribution in [0.15, 0.2) is 22.9 Å². The van der Waals surface area contributed by atoms with Crippen LogP contribution >= 0.6 is 15.9 Å². The molecule has 0 radical (unpaired) electrons. The third-order valence-corrected chi connectivity index (χ3v) is 3.26. The Hall–Kier alpha value is -1.36. The quantitative estimate of drug-likeness (QED) is 0.818. The summed E-state index contributed by atoms with van der Waals surface area (Å²) in [7, 11) is 0. The average Bonchev–Trinajstić information content (AvgIpc) is 2.71. The second-order valence-corrected chi connectivity index (χ2v) is 4.45. The van der Waals surface area contributed by atoms with Crippen LogP contribution < -0.4 is 0 Å². The molecule has 0 bridgehead atoms. The molecule has 0 aromatic carbocycles. The SMILES string of the molecule is CCOC(=O)c1cnc2cc(CC)c(Br)cn12. The van der Waals surface area contributed by atoms with Crippen LogP contribution in [0.3, 0.4) is 0 Å². The Morgan fingerprint density at radius 1 is 1.53 bits per heavy atom. The van der Waals surface area contributed by atoms with Gasteiger partial charge in [-0.2, -0.15) is 0 Å². The molecule has 0 saturated heterocycles. The van der Waals surface area contributed by atoms with Gasteiger partial charge >= 0.3 is 5.97 Å². The van der Waals surface area contributed by atoms with Crippen LogP contribution in [-0.4, -0.2) is 22.0 Å². The smallest absolute Gasteiger partial charge is 0.356 e. The minimum absolute atomic E-state index is 0.351. The molecule has 2 heterocycles. The number of pyridine rings is 1. The number of hydrogen-bond donors (Lipinski definition) is 0. The molecule has 0 amide bonds. The van der Waals surface area contributed by atoms with Crippen LogP contribution in [0.5, 0.6) is 0 Å². The maximum Gasteiger partial charge on any atom is 0.356 e. The molecule has 2 aromatic heterocycles. The number of imidazole rings is 1. The topological polar surface area (TPSA) is 43.6 Å². The van der Waals surface area contributed by atoms with Gasteiger partial charge in [0.1, 0.15) is 5.65 Å². The van der Waals surface area contributed by atoms with E-state index in [1.165, 1.54) is 5.56 Å². The first-order chi connectivity index (χ1) is 8.17. The van der Waals surface area contributed by atoms with Gasteiger partial charge in [0.25, 0.3) is 0 Å². The molecule has 0 fully saturated rings. The number of aromatic nitrogens is 2. The van der Waals surface area contributed by atoms with Gasteiger partial charge in [0.05, 0.1) is 12.8 Å². The fraction of sp³-hybridized carbons (Fsp3) is 0.333. The van der Waals surface area contributed by atoms with Gasteiger partial charge in [0.2, 0.25) is 0 Å². The van der Waals surface area contributed by atoms with Crippen molar-refractivity contribution in [1.82, 2.24) is 9.38 Å². The van der Waals surface area contributed by atoms with Gasteiger partial charge in [-0.05, 0) is 40.9 Å². The summed E-state index contributed by atoms with van der Waals surface area (Å²) in [5.74, 6) is -0.351. The number of rotatable bonds is 3. The van der Waals surface area contributed by atoms with Gasteiger partial charge in [-0.15, -0.1) is 0 Å². The summed E-state index contributed by atoms with van der Waals surface area (Å²) in [6.45, 7) is 4.22. The van der Waals surface area contributed by atoms with Gasteiger partial charge in [-0.3, -0.25) is 4.40 Å². The first kappa shape index (κ1) is 12.1. The summed E-state index contributed by atoms with van der Waals surface area (Å²) in [5.41, 5.74) is 2.37. The van der Waals surface area contributed by atoms with Crippen molar-refractivity contribution in [3.8, 4) is 0 Å². The highest BCUT2D eigenvalue weighted by Gasteiger charge is 2.14. The zero-order chi connectivity index (χ0) is 12.4. The van der Waals surface area contributed by atoms with Crippen molar-refractivity contribution >= 4 is 27.5 Å². The average molecular weight is 297 g/mol. The zero-order valence-electron chi connectivity index (χ0n) is 9.74. The third-order valence-electron chi connectivity index (χ3n) is 2.54. The highest BCUT2D eigenvalue weighted by Crippen LogP contribution is 2.20. The van der Waals surface area contributed by atoms with Crippen molar-refractivity contribution in [2.45, 2.75) is 20.3 Å². The van der Waals surface area contributed by atoms with E-state index in [2.05, 4.69) is 27.8 Å². The maximum absolute atomic E-state index is 11.7. The molecular weight excluding hydrogens is 284 g/mol. The minimum atomic E-state index is -0.351. The number of aryl methyl sites for hydroxylation is 1. The molecule has 2 rings (SSSR count). The maximum atomic E-state index is 11.7. The van der Waals surface area contributed by atoms with E-state index in [-0.39, 0.29) is 5.97 Å². The summed E-state index contributed by atoms with van der Waals surface area (Å²) < 4.78 is 7.68. The predicted octanol–water partition coefficient (Wildman–Crippen LogP) is 2.84. The molecule has 0 atom stereocenters.